The molecule has 2 aromatic carbocycles. The molecule has 10 heteroatoms. The molecule has 6 nitrogen and oxygen atoms in total. The maximum absolute atomic E-state index is 12.5. The molecule has 1 heterocycles. The van der Waals surface area contributed by atoms with Crippen molar-refractivity contribution in [1.29, 1.82) is 0 Å². The molecule has 1 saturated heterocycles. The lowest BCUT2D eigenvalue weighted by Gasteiger charge is -2.12. The van der Waals surface area contributed by atoms with Crippen molar-refractivity contribution in [3.8, 4) is 11.5 Å². The Labute approximate surface area is 205 Å². The molecule has 0 spiro atoms. The Morgan fingerprint density at radius 1 is 1.25 bits per heavy atom. The number of hydrogen-bond donors (Lipinski definition) is 1. The predicted octanol–water partition coefficient (Wildman–Crippen LogP) is 5.41. The van der Waals surface area contributed by atoms with Crippen molar-refractivity contribution in [2.45, 2.75) is 0 Å². The van der Waals surface area contributed by atoms with Gasteiger partial charge in [0.2, 0.25) is 0 Å². The fourth-order valence-electron chi connectivity index (χ4n) is 2.75. The first-order valence-electron chi connectivity index (χ1n) is 9.24. The summed E-state index contributed by atoms with van der Waals surface area (Å²) in [6.07, 6.45) is 3.35. The minimum Gasteiger partial charge on any atom is -0.493 e. The molecule has 0 saturated carbocycles. The van der Waals surface area contributed by atoms with E-state index in [0.717, 1.165) is 5.56 Å². The zero-order valence-electron chi connectivity index (χ0n) is 16.9. The molecule has 0 aliphatic carbocycles. The Morgan fingerprint density at radius 3 is 2.72 bits per heavy atom. The number of thioether (sulfide) groups is 1. The van der Waals surface area contributed by atoms with Crippen LogP contribution in [0.3, 0.4) is 0 Å². The summed E-state index contributed by atoms with van der Waals surface area (Å²) < 4.78 is 11.5. The third-order valence-corrected chi connectivity index (χ3v) is 6.16. The maximum Gasteiger partial charge on any atom is 0.266 e. The van der Waals surface area contributed by atoms with E-state index >= 15 is 0 Å². The van der Waals surface area contributed by atoms with Crippen LogP contribution in [0.15, 0.2) is 54.0 Å². The number of anilines is 1. The number of benzene rings is 2. The molecule has 2 amide bonds. The lowest BCUT2D eigenvalue weighted by atomic mass is 10.2. The highest BCUT2D eigenvalue weighted by Crippen LogP contribution is 2.34. The standard InChI is InChI=1S/C22H18Cl2N2O4S2/c1-3-8-26-21(28)19(32-22(26)31)10-13-4-7-17(18(9-13)29-2)30-12-20(27)25-16-6-5-14(23)11-15(16)24/h3-7,9-11H,1,8,12H2,2H3,(H,25,27)/b19-10-. The molecule has 0 radical (unpaired) electrons. The van der Waals surface area contributed by atoms with Crippen molar-refractivity contribution in [1.82, 2.24) is 4.90 Å². The molecular formula is C22H18Cl2N2O4S2. The van der Waals surface area contributed by atoms with Gasteiger partial charge in [-0.05, 0) is 42.0 Å². The number of methoxy groups -OCH3 is 1. The lowest BCUT2D eigenvalue weighted by molar-refractivity contribution is -0.121. The number of thiocarbonyl (C=S) groups is 1. The third kappa shape index (κ3) is 5.83. The number of carbonyl (C=O) groups is 2. The fourth-order valence-corrected chi connectivity index (χ4v) is 4.48. The van der Waals surface area contributed by atoms with Crippen molar-refractivity contribution in [2.24, 2.45) is 0 Å². The Balaban J connectivity index is 1.68. The van der Waals surface area contributed by atoms with Gasteiger partial charge in [-0.1, -0.05) is 59.3 Å². The Morgan fingerprint density at radius 2 is 2.03 bits per heavy atom. The highest BCUT2D eigenvalue weighted by atomic mass is 35.5. The van der Waals surface area contributed by atoms with Crippen LogP contribution >= 0.6 is 47.2 Å². The van der Waals surface area contributed by atoms with Gasteiger partial charge in [-0.3, -0.25) is 14.5 Å². The van der Waals surface area contributed by atoms with Gasteiger partial charge in [0.15, 0.2) is 18.1 Å². The van der Waals surface area contributed by atoms with E-state index in [2.05, 4.69) is 11.9 Å². The van der Waals surface area contributed by atoms with Crippen LogP contribution in [0.4, 0.5) is 5.69 Å². The number of nitrogens with one attached hydrogen (secondary N) is 1. The van der Waals surface area contributed by atoms with Gasteiger partial charge >= 0.3 is 0 Å². The van der Waals surface area contributed by atoms with Crippen LogP contribution in [-0.2, 0) is 9.59 Å². The number of halogens is 2. The summed E-state index contributed by atoms with van der Waals surface area (Å²) in [4.78, 5) is 26.7. The van der Waals surface area contributed by atoms with Crippen molar-refractivity contribution in [3.05, 3.63) is 69.6 Å². The van der Waals surface area contributed by atoms with Crippen molar-refractivity contribution < 1.29 is 19.1 Å². The first-order chi connectivity index (χ1) is 15.3. The van der Waals surface area contributed by atoms with Gasteiger partial charge in [-0.2, -0.15) is 0 Å². The predicted molar refractivity (Wildman–Crippen MR) is 134 cm³/mol. The maximum atomic E-state index is 12.5. The zero-order chi connectivity index (χ0) is 23.3. The van der Waals surface area contributed by atoms with E-state index in [1.165, 1.54) is 29.8 Å². The molecule has 1 aliphatic heterocycles. The minimum absolute atomic E-state index is 0.170. The summed E-state index contributed by atoms with van der Waals surface area (Å²) in [5, 5.41) is 3.45. The van der Waals surface area contributed by atoms with Crippen LogP contribution < -0.4 is 14.8 Å². The van der Waals surface area contributed by atoms with Gasteiger partial charge in [0.05, 0.1) is 22.7 Å². The summed E-state index contributed by atoms with van der Waals surface area (Å²) in [5.41, 5.74) is 1.16. The minimum atomic E-state index is -0.397. The second-order valence-electron chi connectivity index (χ2n) is 6.45. The third-order valence-electron chi connectivity index (χ3n) is 4.23. The van der Waals surface area contributed by atoms with E-state index in [0.29, 0.717) is 43.0 Å². The smallest absolute Gasteiger partial charge is 0.266 e. The lowest BCUT2D eigenvalue weighted by Crippen LogP contribution is -2.27. The largest absolute Gasteiger partial charge is 0.493 e. The molecular weight excluding hydrogens is 491 g/mol. The summed E-state index contributed by atoms with van der Waals surface area (Å²) in [6, 6.07) is 9.89. The number of ether oxygens (including phenoxy) is 2. The molecule has 0 aromatic heterocycles. The molecule has 1 aliphatic rings. The highest BCUT2D eigenvalue weighted by Gasteiger charge is 2.31. The fraction of sp³-hybridized carbons (Fsp3) is 0.136. The number of nitrogens with zero attached hydrogens (tertiary/aromatic N) is 1. The summed E-state index contributed by atoms with van der Waals surface area (Å²) in [7, 11) is 1.49. The first-order valence-corrected chi connectivity index (χ1v) is 11.2. The van der Waals surface area contributed by atoms with Gasteiger partial charge < -0.3 is 14.8 Å². The van der Waals surface area contributed by atoms with Crippen LogP contribution in [0.2, 0.25) is 10.0 Å². The van der Waals surface area contributed by atoms with E-state index in [1.54, 1.807) is 42.5 Å². The Hall–Kier alpha value is -2.52. The van der Waals surface area contributed by atoms with Crippen LogP contribution in [0.5, 0.6) is 11.5 Å². The molecule has 32 heavy (non-hydrogen) atoms. The number of carbonyl (C=O) groups excluding carboxylic acids is 2. The second kappa shape index (κ2) is 10.9. The number of amides is 2. The summed E-state index contributed by atoms with van der Waals surface area (Å²) in [5.74, 6) is 0.224. The first kappa shape index (κ1) is 24.1. The van der Waals surface area contributed by atoms with Crippen LogP contribution in [0.25, 0.3) is 6.08 Å². The van der Waals surface area contributed by atoms with Crippen molar-refractivity contribution >= 4 is 75.1 Å². The summed E-state index contributed by atoms with van der Waals surface area (Å²) in [6.45, 7) is 3.75. The molecule has 1 fully saturated rings. The van der Waals surface area contributed by atoms with Crippen LogP contribution in [-0.4, -0.2) is 41.3 Å². The Bertz CT molecular complexity index is 1120. The average molecular weight is 509 g/mol. The van der Waals surface area contributed by atoms with Crippen LogP contribution in [0, 0.1) is 0 Å². The molecule has 0 atom stereocenters. The molecule has 0 bridgehead atoms. The number of hydrogen-bond acceptors (Lipinski definition) is 6. The molecule has 0 unspecified atom stereocenters. The molecule has 166 valence electrons. The van der Waals surface area contributed by atoms with Crippen LogP contribution in [0.1, 0.15) is 5.56 Å². The monoisotopic (exact) mass is 508 g/mol. The summed E-state index contributed by atoms with van der Waals surface area (Å²) >= 11 is 18.4. The molecule has 3 rings (SSSR count). The van der Waals surface area contributed by atoms with Gasteiger partial charge in [-0.15, -0.1) is 6.58 Å². The van der Waals surface area contributed by atoms with Crippen molar-refractivity contribution in [3.63, 3.8) is 0 Å². The van der Waals surface area contributed by atoms with E-state index < -0.39 is 5.91 Å². The number of rotatable bonds is 8. The highest BCUT2D eigenvalue weighted by molar-refractivity contribution is 8.26. The molecule has 1 N–H and O–H groups in total. The average Bonchev–Trinajstić information content (AvgIpc) is 3.02. The SMILES string of the molecule is C=CCN1C(=O)/C(=C/c2ccc(OCC(=O)Nc3ccc(Cl)cc3Cl)c(OC)c2)SC1=S. The van der Waals surface area contributed by atoms with E-state index in [1.807, 2.05) is 0 Å². The normalized spacial score (nSPS) is 14.6. The van der Waals surface area contributed by atoms with Gasteiger partial charge in [0, 0.05) is 11.6 Å². The molecule has 2 aromatic rings. The van der Waals surface area contributed by atoms with E-state index in [-0.39, 0.29) is 12.5 Å². The van der Waals surface area contributed by atoms with Gasteiger partial charge in [-0.25, -0.2) is 0 Å². The quantitative estimate of drug-likeness (QED) is 0.292. The topological polar surface area (TPSA) is 67.9 Å². The van der Waals surface area contributed by atoms with Gasteiger partial charge in [0.1, 0.15) is 4.32 Å². The van der Waals surface area contributed by atoms with E-state index in [9.17, 15) is 9.59 Å². The Kier molecular flexibility index (Phi) is 8.20. The zero-order valence-corrected chi connectivity index (χ0v) is 20.0. The van der Waals surface area contributed by atoms with Crippen molar-refractivity contribution in [2.75, 3.05) is 25.6 Å². The van der Waals surface area contributed by atoms with E-state index in [4.69, 9.17) is 44.9 Å². The second-order valence-corrected chi connectivity index (χ2v) is 8.97. The van der Waals surface area contributed by atoms with Gasteiger partial charge in [0.25, 0.3) is 11.8 Å².